The standard InChI is InChI=1S/C17H24N2O3S/c20-17(19-7-1-2-9-21-19)16-4-3-14-15(22-16)5-8-18(14)11-13-6-10-23-12-13/h6,10,12,14-16H,1-5,7-9,11H2/t14-,15-,16-/m0/s1. The second-order valence-electron chi connectivity index (χ2n) is 6.68. The first-order valence-corrected chi connectivity index (χ1v) is 9.60. The summed E-state index contributed by atoms with van der Waals surface area (Å²) in [6.07, 6.45) is 4.83. The minimum absolute atomic E-state index is 0.0273. The summed E-state index contributed by atoms with van der Waals surface area (Å²) < 4.78 is 6.16. The van der Waals surface area contributed by atoms with E-state index in [0.717, 1.165) is 45.2 Å². The van der Waals surface area contributed by atoms with Crippen LogP contribution in [0.15, 0.2) is 16.8 Å². The van der Waals surface area contributed by atoms with Crippen LogP contribution in [0, 0.1) is 0 Å². The van der Waals surface area contributed by atoms with E-state index in [2.05, 4.69) is 21.7 Å². The number of carbonyl (C=O) groups excluding carboxylic acids is 1. The minimum atomic E-state index is -0.310. The number of hydrogen-bond acceptors (Lipinski definition) is 5. The molecule has 0 radical (unpaired) electrons. The van der Waals surface area contributed by atoms with Crippen LogP contribution < -0.4 is 0 Å². The molecule has 0 aromatic carbocycles. The van der Waals surface area contributed by atoms with Gasteiger partial charge in [0.15, 0.2) is 0 Å². The van der Waals surface area contributed by atoms with Crippen molar-refractivity contribution in [1.82, 2.24) is 9.96 Å². The smallest absolute Gasteiger partial charge is 0.275 e. The Morgan fingerprint density at radius 2 is 2.22 bits per heavy atom. The molecule has 1 aromatic heterocycles. The van der Waals surface area contributed by atoms with Crippen molar-refractivity contribution in [3.63, 3.8) is 0 Å². The Kier molecular flexibility index (Phi) is 4.66. The second kappa shape index (κ2) is 6.89. The van der Waals surface area contributed by atoms with E-state index in [1.54, 1.807) is 11.3 Å². The minimum Gasteiger partial charge on any atom is -0.363 e. The molecule has 3 fully saturated rings. The molecule has 3 aliphatic rings. The third kappa shape index (κ3) is 3.31. The van der Waals surface area contributed by atoms with Crippen LogP contribution in [-0.4, -0.2) is 53.8 Å². The van der Waals surface area contributed by atoms with Crippen molar-refractivity contribution in [2.75, 3.05) is 19.7 Å². The monoisotopic (exact) mass is 336 g/mol. The fraction of sp³-hybridized carbons (Fsp3) is 0.706. The van der Waals surface area contributed by atoms with Crippen molar-refractivity contribution in [2.45, 2.75) is 56.9 Å². The third-order valence-electron chi connectivity index (χ3n) is 5.15. The van der Waals surface area contributed by atoms with Crippen LogP contribution in [0.3, 0.4) is 0 Å². The fourth-order valence-corrected chi connectivity index (χ4v) is 4.60. The summed E-state index contributed by atoms with van der Waals surface area (Å²) in [6, 6.07) is 2.66. The van der Waals surface area contributed by atoms with Gasteiger partial charge in [0.05, 0.1) is 12.7 Å². The average molecular weight is 336 g/mol. The third-order valence-corrected chi connectivity index (χ3v) is 5.88. The van der Waals surface area contributed by atoms with Gasteiger partial charge in [-0.15, -0.1) is 0 Å². The predicted octanol–water partition coefficient (Wildman–Crippen LogP) is 2.42. The highest BCUT2D eigenvalue weighted by Crippen LogP contribution is 2.33. The number of thiophene rings is 1. The van der Waals surface area contributed by atoms with Crippen LogP contribution in [0.2, 0.25) is 0 Å². The molecule has 3 aliphatic heterocycles. The highest BCUT2D eigenvalue weighted by atomic mass is 32.1. The number of hydroxylamine groups is 2. The number of carbonyl (C=O) groups is 1. The zero-order chi connectivity index (χ0) is 15.6. The van der Waals surface area contributed by atoms with Crippen LogP contribution >= 0.6 is 11.3 Å². The van der Waals surface area contributed by atoms with Crippen molar-refractivity contribution in [3.8, 4) is 0 Å². The van der Waals surface area contributed by atoms with Gasteiger partial charge in [-0.3, -0.25) is 14.5 Å². The maximum atomic E-state index is 12.5. The molecule has 0 spiro atoms. The molecule has 0 unspecified atom stereocenters. The summed E-state index contributed by atoms with van der Waals surface area (Å²) in [7, 11) is 0. The van der Waals surface area contributed by atoms with E-state index in [-0.39, 0.29) is 18.1 Å². The molecule has 23 heavy (non-hydrogen) atoms. The van der Waals surface area contributed by atoms with Crippen LogP contribution in [0.4, 0.5) is 0 Å². The molecule has 0 N–H and O–H groups in total. The topological polar surface area (TPSA) is 42.0 Å². The second-order valence-corrected chi connectivity index (χ2v) is 7.46. The Balaban J connectivity index is 1.34. The molecule has 3 saturated heterocycles. The predicted molar refractivity (Wildman–Crippen MR) is 87.9 cm³/mol. The summed E-state index contributed by atoms with van der Waals surface area (Å²) in [5, 5.41) is 5.89. The number of amides is 1. The van der Waals surface area contributed by atoms with Gasteiger partial charge in [0.2, 0.25) is 0 Å². The Morgan fingerprint density at radius 3 is 3.00 bits per heavy atom. The van der Waals surface area contributed by atoms with E-state index >= 15 is 0 Å². The van der Waals surface area contributed by atoms with Crippen molar-refractivity contribution < 1.29 is 14.4 Å². The van der Waals surface area contributed by atoms with Gasteiger partial charge < -0.3 is 4.74 Å². The average Bonchev–Trinajstić information content (AvgIpc) is 3.25. The zero-order valence-electron chi connectivity index (χ0n) is 13.4. The lowest BCUT2D eigenvalue weighted by atomic mass is 9.98. The number of fused-ring (bicyclic) bond motifs is 1. The van der Waals surface area contributed by atoms with E-state index in [1.807, 2.05) is 0 Å². The van der Waals surface area contributed by atoms with Crippen LogP contribution in [-0.2, 0) is 20.9 Å². The highest BCUT2D eigenvalue weighted by molar-refractivity contribution is 7.07. The maximum Gasteiger partial charge on any atom is 0.275 e. The molecule has 1 amide bonds. The number of nitrogens with zero attached hydrogens (tertiary/aromatic N) is 2. The summed E-state index contributed by atoms with van der Waals surface area (Å²) in [5.41, 5.74) is 1.38. The van der Waals surface area contributed by atoms with E-state index in [4.69, 9.17) is 9.57 Å². The summed E-state index contributed by atoms with van der Waals surface area (Å²) >= 11 is 1.75. The molecule has 4 rings (SSSR count). The largest absolute Gasteiger partial charge is 0.363 e. The lowest BCUT2D eigenvalue weighted by molar-refractivity contribution is -0.213. The maximum absolute atomic E-state index is 12.5. The zero-order valence-corrected chi connectivity index (χ0v) is 14.2. The Bertz CT molecular complexity index is 530. The van der Waals surface area contributed by atoms with Crippen molar-refractivity contribution in [3.05, 3.63) is 22.4 Å². The lowest BCUT2D eigenvalue weighted by Crippen LogP contribution is -2.49. The number of hydrogen-bond donors (Lipinski definition) is 0. The molecule has 0 bridgehead atoms. The molecule has 126 valence electrons. The Hall–Kier alpha value is -0.950. The van der Waals surface area contributed by atoms with Gasteiger partial charge in [-0.1, -0.05) is 0 Å². The summed E-state index contributed by atoms with van der Waals surface area (Å²) in [6.45, 7) is 3.42. The van der Waals surface area contributed by atoms with Crippen molar-refractivity contribution in [2.24, 2.45) is 0 Å². The first-order valence-electron chi connectivity index (χ1n) is 8.66. The fourth-order valence-electron chi connectivity index (χ4n) is 3.94. The molecule has 0 aliphatic carbocycles. The van der Waals surface area contributed by atoms with E-state index < -0.39 is 0 Å². The number of ether oxygens (including phenoxy) is 1. The molecule has 6 heteroatoms. The van der Waals surface area contributed by atoms with Gasteiger partial charge in [-0.2, -0.15) is 11.3 Å². The number of rotatable bonds is 3. The SMILES string of the molecule is O=C([C@@H]1CC[C@H]2[C@H](CCN2Cc2ccsc2)O1)N1CCCCO1. The molecule has 1 aromatic rings. The molecule has 3 atom stereocenters. The molecular formula is C17H24N2O3S. The van der Waals surface area contributed by atoms with Gasteiger partial charge >= 0.3 is 0 Å². The van der Waals surface area contributed by atoms with Crippen LogP contribution in [0.25, 0.3) is 0 Å². The van der Waals surface area contributed by atoms with Crippen LogP contribution in [0.1, 0.15) is 37.7 Å². The van der Waals surface area contributed by atoms with Crippen molar-refractivity contribution in [1.29, 1.82) is 0 Å². The van der Waals surface area contributed by atoms with Gasteiger partial charge in [0.1, 0.15) is 6.10 Å². The first-order chi connectivity index (χ1) is 11.3. The Morgan fingerprint density at radius 1 is 1.26 bits per heavy atom. The van der Waals surface area contributed by atoms with Gasteiger partial charge in [0.25, 0.3) is 5.91 Å². The molecule has 5 nitrogen and oxygen atoms in total. The van der Waals surface area contributed by atoms with Crippen molar-refractivity contribution >= 4 is 17.2 Å². The van der Waals surface area contributed by atoms with Gasteiger partial charge in [-0.05, 0) is 54.5 Å². The van der Waals surface area contributed by atoms with E-state index in [0.29, 0.717) is 19.2 Å². The Labute approximate surface area is 141 Å². The lowest BCUT2D eigenvalue weighted by Gasteiger charge is -2.37. The first kappa shape index (κ1) is 15.6. The van der Waals surface area contributed by atoms with E-state index in [1.165, 1.54) is 10.6 Å². The van der Waals surface area contributed by atoms with Gasteiger partial charge in [0, 0.05) is 25.7 Å². The molecule has 4 heterocycles. The van der Waals surface area contributed by atoms with E-state index in [9.17, 15) is 4.79 Å². The normalized spacial score (nSPS) is 32.0. The number of likely N-dealkylation sites (tertiary alicyclic amines) is 1. The molecule has 0 saturated carbocycles. The highest BCUT2D eigenvalue weighted by Gasteiger charge is 2.42. The van der Waals surface area contributed by atoms with Gasteiger partial charge in [-0.25, -0.2) is 5.06 Å². The summed E-state index contributed by atoms with van der Waals surface area (Å²) in [4.78, 5) is 20.6. The quantitative estimate of drug-likeness (QED) is 0.850. The van der Waals surface area contributed by atoms with Crippen LogP contribution in [0.5, 0.6) is 0 Å². The summed E-state index contributed by atoms with van der Waals surface area (Å²) in [5.74, 6) is 0.0273. The molecular weight excluding hydrogens is 312 g/mol.